The topological polar surface area (TPSA) is 64.5 Å². The summed E-state index contributed by atoms with van der Waals surface area (Å²) in [5.41, 5.74) is 1.26. The fraction of sp³-hybridized carbons (Fsp3) is 0.778. The number of anilines is 1. The van der Waals surface area contributed by atoms with Gasteiger partial charge in [0.2, 0.25) is 5.95 Å². The van der Waals surface area contributed by atoms with Gasteiger partial charge in [0.1, 0.15) is 0 Å². The molecule has 0 unspecified atom stereocenters. The SMILES string of the molecule is CCCNc1ncc(CN2CC[C@@]3(CO)CCCN(C)[C@@H]3C2)cn1. The summed E-state index contributed by atoms with van der Waals surface area (Å²) < 4.78 is 0. The second-order valence-electron chi connectivity index (χ2n) is 7.45. The maximum absolute atomic E-state index is 10.00. The molecule has 0 aliphatic carbocycles. The van der Waals surface area contributed by atoms with E-state index in [1.807, 2.05) is 12.4 Å². The van der Waals surface area contributed by atoms with Gasteiger partial charge in [-0.3, -0.25) is 4.90 Å². The molecule has 3 heterocycles. The minimum absolute atomic E-state index is 0.105. The molecular formula is C18H31N5O. The first-order chi connectivity index (χ1) is 11.7. The van der Waals surface area contributed by atoms with E-state index >= 15 is 0 Å². The van der Waals surface area contributed by atoms with Gasteiger partial charge in [-0.25, -0.2) is 9.97 Å². The highest BCUT2D eigenvalue weighted by molar-refractivity contribution is 5.24. The fourth-order valence-corrected chi connectivity index (χ4v) is 4.24. The van der Waals surface area contributed by atoms with Crippen LogP contribution in [0, 0.1) is 5.41 Å². The number of nitrogens with one attached hydrogen (secondary N) is 1. The van der Waals surface area contributed by atoms with Gasteiger partial charge >= 0.3 is 0 Å². The van der Waals surface area contributed by atoms with Crippen LogP contribution in [0.1, 0.15) is 38.2 Å². The van der Waals surface area contributed by atoms with E-state index in [2.05, 4.69) is 39.1 Å². The Labute approximate surface area is 145 Å². The highest BCUT2D eigenvalue weighted by Gasteiger charge is 2.46. The highest BCUT2D eigenvalue weighted by atomic mass is 16.3. The number of nitrogens with zero attached hydrogens (tertiary/aromatic N) is 4. The van der Waals surface area contributed by atoms with E-state index in [-0.39, 0.29) is 5.41 Å². The molecule has 2 atom stereocenters. The molecule has 2 fully saturated rings. The Balaban J connectivity index is 1.60. The third kappa shape index (κ3) is 3.71. The molecule has 2 N–H and O–H groups in total. The maximum Gasteiger partial charge on any atom is 0.222 e. The summed E-state index contributed by atoms with van der Waals surface area (Å²) in [6.45, 7) is 7.45. The van der Waals surface area contributed by atoms with Crippen molar-refractivity contribution in [1.82, 2.24) is 19.8 Å². The molecule has 6 heteroatoms. The number of hydrogen-bond acceptors (Lipinski definition) is 6. The van der Waals surface area contributed by atoms with E-state index in [1.165, 1.54) is 6.42 Å². The molecule has 0 aromatic carbocycles. The van der Waals surface area contributed by atoms with Crippen molar-refractivity contribution in [3.63, 3.8) is 0 Å². The molecule has 1 aromatic heterocycles. The van der Waals surface area contributed by atoms with Crippen molar-refractivity contribution in [1.29, 1.82) is 0 Å². The van der Waals surface area contributed by atoms with Crippen LogP contribution in [0.3, 0.4) is 0 Å². The van der Waals surface area contributed by atoms with Gasteiger partial charge in [0, 0.05) is 49.0 Å². The molecule has 0 saturated carbocycles. The van der Waals surface area contributed by atoms with Gasteiger partial charge in [0.15, 0.2) is 0 Å². The molecule has 2 aliphatic heterocycles. The summed E-state index contributed by atoms with van der Waals surface area (Å²) in [6, 6.07) is 0.455. The van der Waals surface area contributed by atoms with E-state index in [1.54, 1.807) is 0 Å². The van der Waals surface area contributed by atoms with E-state index in [4.69, 9.17) is 0 Å². The van der Waals surface area contributed by atoms with Gasteiger partial charge in [0.25, 0.3) is 0 Å². The Kier molecular flexibility index (Phi) is 5.69. The number of likely N-dealkylation sites (N-methyl/N-ethyl adjacent to an activating group) is 1. The van der Waals surface area contributed by atoms with Crippen molar-refractivity contribution >= 4 is 5.95 Å². The van der Waals surface area contributed by atoms with Crippen LogP contribution in [0.15, 0.2) is 12.4 Å². The first kappa shape index (κ1) is 17.6. The summed E-state index contributed by atoms with van der Waals surface area (Å²) in [6.07, 6.45) is 8.38. The van der Waals surface area contributed by atoms with Gasteiger partial charge in [-0.05, 0) is 45.8 Å². The summed E-state index contributed by atoms with van der Waals surface area (Å²) in [5.74, 6) is 0.713. The maximum atomic E-state index is 10.00. The standard InChI is InChI=1S/C18H31N5O/c1-3-7-19-17-20-10-15(11-21-17)12-23-9-6-18(14-24)5-4-8-22(2)16(18)13-23/h10-11,16,24H,3-9,12-14H2,1-2H3,(H,19,20,21)/t16-,18-/m1/s1. The van der Waals surface area contributed by atoms with Crippen molar-refractivity contribution in [2.75, 3.05) is 45.2 Å². The predicted octanol–water partition coefficient (Wildman–Crippen LogP) is 1.58. The van der Waals surface area contributed by atoms with Crippen LogP contribution >= 0.6 is 0 Å². The molecule has 0 bridgehead atoms. The highest BCUT2D eigenvalue weighted by Crippen LogP contribution is 2.41. The first-order valence-electron chi connectivity index (χ1n) is 9.25. The number of aromatic nitrogens is 2. The zero-order chi connectivity index (χ0) is 17.0. The number of fused-ring (bicyclic) bond motifs is 1. The third-order valence-corrected chi connectivity index (χ3v) is 5.74. The van der Waals surface area contributed by atoms with Crippen molar-refractivity contribution < 1.29 is 5.11 Å². The molecule has 0 radical (unpaired) electrons. The van der Waals surface area contributed by atoms with Gasteiger partial charge < -0.3 is 15.3 Å². The number of piperidine rings is 2. The summed E-state index contributed by atoms with van der Waals surface area (Å²) >= 11 is 0. The minimum Gasteiger partial charge on any atom is -0.396 e. The second-order valence-corrected chi connectivity index (χ2v) is 7.45. The molecule has 0 amide bonds. The number of likely N-dealkylation sites (tertiary alicyclic amines) is 2. The van der Waals surface area contributed by atoms with E-state index in [9.17, 15) is 5.11 Å². The quantitative estimate of drug-likeness (QED) is 0.824. The summed E-state index contributed by atoms with van der Waals surface area (Å²) in [5, 5.41) is 13.2. The fourth-order valence-electron chi connectivity index (χ4n) is 4.24. The van der Waals surface area contributed by atoms with Crippen LogP contribution in [-0.2, 0) is 6.54 Å². The van der Waals surface area contributed by atoms with Crippen LogP contribution in [-0.4, -0.2) is 70.7 Å². The number of aliphatic hydroxyl groups is 1. The molecule has 0 spiro atoms. The van der Waals surface area contributed by atoms with Gasteiger partial charge in [-0.1, -0.05) is 6.92 Å². The Bertz CT molecular complexity index is 523. The lowest BCUT2D eigenvalue weighted by Crippen LogP contribution is -2.61. The van der Waals surface area contributed by atoms with Crippen LogP contribution < -0.4 is 5.32 Å². The van der Waals surface area contributed by atoms with Gasteiger partial charge in [-0.15, -0.1) is 0 Å². The Morgan fingerprint density at radius 2 is 2.08 bits per heavy atom. The molecule has 3 rings (SSSR count). The van der Waals surface area contributed by atoms with Crippen molar-refractivity contribution in [3.8, 4) is 0 Å². The third-order valence-electron chi connectivity index (χ3n) is 5.74. The molecule has 24 heavy (non-hydrogen) atoms. The van der Waals surface area contributed by atoms with Crippen LogP contribution in [0.4, 0.5) is 5.95 Å². The normalized spacial score (nSPS) is 28.5. The lowest BCUT2D eigenvalue weighted by Gasteiger charge is -2.53. The summed E-state index contributed by atoms with van der Waals surface area (Å²) in [4.78, 5) is 13.7. The number of rotatable bonds is 6. The molecule has 1 aromatic rings. The molecule has 2 saturated heterocycles. The van der Waals surface area contributed by atoms with Crippen molar-refractivity contribution in [3.05, 3.63) is 18.0 Å². The Hall–Kier alpha value is -1.24. The van der Waals surface area contributed by atoms with Crippen LogP contribution in [0.2, 0.25) is 0 Å². The minimum atomic E-state index is 0.105. The zero-order valence-electron chi connectivity index (χ0n) is 15.0. The predicted molar refractivity (Wildman–Crippen MR) is 95.9 cm³/mol. The molecule has 134 valence electrons. The zero-order valence-corrected chi connectivity index (χ0v) is 15.0. The second kappa shape index (κ2) is 7.76. The Morgan fingerprint density at radius 3 is 2.79 bits per heavy atom. The van der Waals surface area contributed by atoms with E-state index in [0.717, 1.165) is 57.5 Å². The van der Waals surface area contributed by atoms with Crippen LogP contribution in [0.5, 0.6) is 0 Å². The van der Waals surface area contributed by atoms with Crippen molar-refractivity contribution in [2.45, 2.75) is 45.2 Å². The average Bonchev–Trinajstić information content (AvgIpc) is 2.62. The lowest BCUT2D eigenvalue weighted by molar-refractivity contribution is -0.0684. The van der Waals surface area contributed by atoms with Crippen LogP contribution in [0.25, 0.3) is 0 Å². The largest absolute Gasteiger partial charge is 0.396 e. The van der Waals surface area contributed by atoms with Crippen molar-refractivity contribution in [2.24, 2.45) is 5.41 Å². The van der Waals surface area contributed by atoms with E-state index < -0.39 is 0 Å². The number of aliphatic hydroxyl groups excluding tert-OH is 1. The molecule has 2 aliphatic rings. The van der Waals surface area contributed by atoms with E-state index in [0.29, 0.717) is 18.6 Å². The monoisotopic (exact) mass is 333 g/mol. The molecular weight excluding hydrogens is 302 g/mol. The number of hydrogen-bond donors (Lipinski definition) is 2. The average molecular weight is 333 g/mol. The first-order valence-corrected chi connectivity index (χ1v) is 9.25. The Morgan fingerprint density at radius 1 is 1.29 bits per heavy atom. The lowest BCUT2D eigenvalue weighted by atomic mass is 9.69. The van der Waals surface area contributed by atoms with Gasteiger partial charge in [0.05, 0.1) is 6.61 Å². The molecule has 6 nitrogen and oxygen atoms in total. The summed E-state index contributed by atoms with van der Waals surface area (Å²) in [7, 11) is 2.20. The van der Waals surface area contributed by atoms with Gasteiger partial charge in [-0.2, -0.15) is 0 Å². The smallest absolute Gasteiger partial charge is 0.222 e.